The molecule has 2 heterocycles. The molecule has 6 heteroatoms. The van der Waals surface area contributed by atoms with Crippen molar-refractivity contribution in [2.75, 3.05) is 6.54 Å². The first kappa shape index (κ1) is 16.8. The smallest absolute Gasteiger partial charge is 0.252 e. The van der Waals surface area contributed by atoms with Crippen molar-refractivity contribution in [3.63, 3.8) is 0 Å². The second-order valence-corrected chi connectivity index (χ2v) is 6.24. The Balaban J connectivity index is 1.69. The van der Waals surface area contributed by atoms with E-state index in [1.54, 1.807) is 18.7 Å². The molecule has 1 N–H and O–H groups in total. The molecule has 0 aliphatic heterocycles. The fourth-order valence-electron chi connectivity index (χ4n) is 2.65. The number of carbonyl (C=O) groups excluding carboxylic acids is 1. The first-order chi connectivity index (χ1) is 12.0. The summed E-state index contributed by atoms with van der Waals surface area (Å²) in [5, 5.41) is 10.9. The number of nitrogens with one attached hydrogen (secondary N) is 1. The largest absolute Gasteiger partial charge is 0.351 e. The van der Waals surface area contributed by atoms with E-state index in [1.165, 1.54) is 5.56 Å². The summed E-state index contributed by atoms with van der Waals surface area (Å²) in [6, 6.07) is 10.0. The van der Waals surface area contributed by atoms with Crippen molar-refractivity contribution in [2.24, 2.45) is 7.05 Å². The topological polar surface area (TPSA) is 72.7 Å². The molecular weight excluding hydrogens is 314 g/mol. The van der Waals surface area contributed by atoms with E-state index in [-0.39, 0.29) is 11.8 Å². The Morgan fingerprint density at radius 3 is 2.64 bits per heavy atom. The molecule has 25 heavy (non-hydrogen) atoms. The SMILES string of the molecule is Cc1ccc(-c2cncc(C(=O)NC[C@@H](C)c3nncn3C)c2)cc1. The number of amides is 1. The van der Waals surface area contributed by atoms with E-state index in [0.29, 0.717) is 12.1 Å². The van der Waals surface area contributed by atoms with Gasteiger partial charge in [0.1, 0.15) is 12.2 Å². The molecule has 0 bridgehead atoms. The maximum Gasteiger partial charge on any atom is 0.252 e. The molecule has 1 atom stereocenters. The van der Waals surface area contributed by atoms with Crippen LogP contribution in [0.25, 0.3) is 11.1 Å². The summed E-state index contributed by atoms with van der Waals surface area (Å²) < 4.78 is 1.86. The second kappa shape index (κ2) is 7.25. The van der Waals surface area contributed by atoms with Crippen LogP contribution in [0.3, 0.4) is 0 Å². The Morgan fingerprint density at radius 1 is 1.20 bits per heavy atom. The standard InChI is InChI=1S/C19H21N5O/c1-13-4-6-15(7-5-13)16-8-17(11-20-10-16)19(25)21-9-14(2)18-23-22-12-24(18)3/h4-8,10-12,14H,9H2,1-3H3,(H,21,25)/t14-/m1/s1. The summed E-state index contributed by atoms with van der Waals surface area (Å²) in [7, 11) is 1.89. The molecule has 3 rings (SSSR count). The van der Waals surface area contributed by atoms with Gasteiger partial charge in [0.15, 0.2) is 0 Å². The lowest BCUT2D eigenvalue weighted by molar-refractivity contribution is 0.0951. The molecule has 0 spiro atoms. The second-order valence-electron chi connectivity index (χ2n) is 6.24. The number of carbonyl (C=O) groups is 1. The van der Waals surface area contributed by atoms with Crippen LogP contribution >= 0.6 is 0 Å². The molecule has 1 aromatic carbocycles. The molecular formula is C19H21N5O. The van der Waals surface area contributed by atoms with Gasteiger partial charge in [-0.3, -0.25) is 9.78 Å². The molecule has 0 aliphatic carbocycles. The number of pyridine rings is 1. The van der Waals surface area contributed by atoms with E-state index in [4.69, 9.17) is 0 Å². The Bertz CT molecular complexity index is 870. The number of hydrogen-bond donors (Lipinski definition) is 1. The van der Waals surface area contributed by atoms with E-state index in [9.17, 15) is 4.79 Å². The van der Waals surface area contributed by atoms with Crippen LogP contribution in [0.4, 0.5) is 0 Å². The van der Waals surface area contributed by atoms with Gasteiger partial charge in [-0.25, -0.2) is 0 Å². The van der Waals surface area contributed by atoms with Crippen LogP contribution in [0.15, 0.2) is 49.1 Å². The van der Waals surface area contributed by atoms with Gasteiger partial charge in [-0.05, 0) is 18.6 Å². The van der Waals surface area contributed by atoms with E-state index < -0.39 is 0 Å². The van der Waals surface area contributed by atoms with Crippen LogP contribution in [0.5, 0.6) is 0 Å². The van der Waals surface area contributed by atoms with Gasteiger partial charge in [-0.1, -0.05) is 36.8 Å². The van der Waals surface area contributed by atoms with Crippen molar-refractivity contribution < 1.29 is 4.79 Å². The minimum atomic E-state index is -0.143. The molecule has 1 amide bonds. The number of aromatic nitrogens is 4. The molecule has 2 aromatic heterocycles. The highest BCUT2D eigenvalue weighted by atomic mass is 16.1. The number of benzene rings is 1. The van der Waals surface area contributed by atoms with Crippen molar-refractivity contribution >= 4 is 5.91 Å². The third kappa shape index (κ3) is 3.91. The predicted octanol–water partition coefficient (Wildman–Crippen LogP) is 2.72. The lowest BCUT2D eigenvalue weighted by Crippen LogP contribution is -2.28. The molecule has 3 aromatic rings. The lowest BCUT2D eigenvalue weighted by Gasteiger charge is -2.12. The van der Waals surface area contributed by atoms with Crippen LogP contribution in [0.2, 0.25) is 0 Å². The van der Waals surface area contributed by atoms with Crippen molar-refractivity contribution in [1.82, 2.24) is 25.1 Å². The summed E-state index contributed by atoms with van der Waals surface area (Å²) in [4.78, 5) is 16.7. The molecule has 6 nitrogen and oxygen atoms in total. The van der Waals surface area contributed by atoms with Crippen LogP contribution in [0, 0.1) is 6.92 Å². The zero-order chi connectivity index (χ0) is 17.8. The monoisotopic (exact) mass is 335 g/mol. The van der Waals surface area contributed by atoms with Gasteiger partial charge in [-0.2, -0.15) is 0 Å². The predicted molar refractivity (Wildman–Crippen MR) is 96.2 cm³/mol. The number of rotatable bonds is 5. The maximum absolute atomic E-state index is 12.4. The molecule has 0 saturated heterocycles. The minimum Gasteiger partial charge on any atom is -0.351 e. The third-order valence-corrected chi connectivity index (χ3v) is 4.14. The highest BCUT2D eigenvalue weighted by molar-refractivity contribution is 5.95. The summed E-state index contributed by atoms with van der Waals surface area (Å²) in [6.45, 7) is 4.54. The molecule has 0 radical (unpaired) electrons. The first-order valence-electron chi connectivity index (χ1n) is 8.19. The highest BCUT2D eigenvalue weighted by Gasteiger charge is 2.14. The zero-order valence-electron chi connectivity index (χ0n) is 14.6. The van der Waals surface area contributed by atoms with Crippen molar-refractivity contribution in [3.05, 3.63) is 66.0 Å². The van der Waals surface area contributed by atoms with Crippen molar-refractivity contribution in [2.45, 2.75) is 19.8 Å². The normalized spacial score (nSPS) is 12.0. The number of hydrogen-bond acceptors (Lipinski definition) is 4. The zero-order valence-corrected chi connectivity index (χ0v) is 14.6. The van der Waals surface area contributed by atoms with Crippen LogP contribution < -0.4 is 5.32 Å². The van der Waals surface area contributed by atoms with Crippen LogP contribution in [0.1, 0.15) is 34.6 Å². The van der Waals surface area contributed by atoms with E-state index in [1.807, 2.05) is 55.8 Å². The van der Waals surface area contributed by atoms with Gasteiger partial charge in [-0.15, -0.1) is 10.2 Å². The van der Waals surface area contributed by atoms with Gasteiger partial charge in [0, 0.05) is 37.5 Å². The average Bonchev–Trinajstić information content (AvgIpc) is 3.06. The lowest BCUT2D eigenvalue weighted by atomic mass is 10.0. The molecule has 0 saturated carbocycles. The highest BCUT2D eigenvalue weighted by Crippen LogP contribution is 2.20. The van der Waals surface area contributed by atoms with Gasteiger partial charge < -0.3 is 9.88 Å². The summed E-state index contributed by atoms with van der Waals surface area (Å²) >= 11 is 0. The van der Waals surface area contributed by atoms with Crippen LogP contribution in [-0.4, -0.2) is 32.2 Å². The molecule has 0 fully saturated rings. The summed E-state index contributed by atoms with van der Waals surface area (Å²) in [6.07, 6.45) is 5.01. The first-order valence-corrected chi connectivity index (χ1v) is 8.19. The third-order valence-electron chi connectivity index (χ3n) is 4.14. The fraction of sp³-hybridized carbons (Fsp3) is 0.263. The van der Waals surface area contributed by atoms with E-state index in [0.717, 1.165) is 17.0 Å². The van der Waals surface area contributed by atoms with Gasteiger partial charge in [0.05, 0.1) is 5.56 Å². The quantitative estimate of drug-likeness (QED) is 0.778. The van der Waals surface area contributed by atoms with Gasteiger partial charge >= 0.3 is 0 Å². The van der Waals surface area contributed by atoms with Gasteiger partial charge in [0.2, 0.25) is 0 Å². The molecule has 128 valence electrons. The Morgan fingerprint density at radius 2 is 1.96 bits per heavy atom. The van der Waals surface area contributed by atoms with E-state index in [2.05, 4.69) is 20.5 Å². The molecule has 0 aliphatic rings. The minimum absolute atomic E-state index is 0.0738. The summed E-state index contributed by atoms with van der Waals surface area (Å²) in [5.74, 6) is 0.770. The molecule has 0 unspecified atom stereocenters. The summed E-state index contributed by atoms with van der Waals surface area (Å²) in [5.41, 5.74) is 3.71. The number of nitrogens with zero attached hydrogens (tertiary/aromatic N) is 4. The Hall–Kier alpha value is -3.02. The van der Waals surface area contributed by atoms with Crippen LogP contribution in [-0.2, 0) is 7.05 Å². The number of aryl methyl sites for hydroxylation is 2. The van der Waals surface area contributed by atoms with E-state index >= 15 is 0 Å². The van der Waals surface area contributed by atoms with Crippen molar-refractivity contribution in [1.29, 1.82) is 0 Å². The fourth-order valence-corrected chi connectivity index (χ4v) is 2.65. The van der Waals surface area contributed by atoms with Gasteiger partial charge in [0.25, 0.3) is 5.91 Å². The maximum atomic E-state index is 12.4. The average molecular weight is 335 g/mol. The van der Waals surface area contributed by atoms with Crippen molar-refractivity contribution in [3.8, 4) is 11.1 Å². The Kier molecular flexibility index (Phi) is 4.88. The Labute approximate surface area is 146 Å².